The van der Waals surface area contributed by atoms with E-state index in [1.54, 1.807) is 18.2 Å². The van der Waals surface area contributed by atoms with Crippen LogP contribution in [0.2, 0.25) is 0 Å². The Labute approximate surface area is 129 Å². The van der Waals surface area contributed by atoms with Crippen LogP contribution in [0.3, 0.4) is 0 Å². The van der Waals surface area contributed by atoms with Crippen LogP contribution >= 0.6 is 0 Å². The summed E-state index contributed by atoms with van der Waals surface area (Å²) in [4.78, 5) is 0. The van der Waals surface area contributed by atoms with Gasteiger partial charge in [0.1, 0.15) is 5.75 Å². The normalized spacial score (nSPS) is 11.9. The minimum Gasteiger partial charge on any atom is -0.497 e. The molecule has 0 saturated heterocycles. The van der Waals surface area contributed by atoms with Crippen molar-refractivity contribution in [2.45, 2.75) is 12.8 Å². The van der Waals surface area contributed by atoms with Gasteiger partial charge in [0.05, 0.1) is 31.0 Å². The molecule has 23 heavy (non-hydrogen) atoms. The van der Waals surface area contributed by atoms with E-state index in [1.165, 1.54) is 13.3 Å². The molecule has 3 aromatic rings. The number of nitrogens with zero attached hydrogens (tertiary/aromatic N) is 1. The van der Waals surface area contributed by atoms with E-state index in [4.69, 9.17) is 4.74 Å². The molecular weight excluding hydrogens is 309 g/mol. The number of H-pyrrole nitrogens is 1. The predicted octanol–water partition coefficient (Wildman–Crippen LogP) is 3.75. The third-order valence-electron chi connectivity index (χ3n) is 3.66. The highest BCUT2D eigenvalue weighted by Gasteiger charge is 2.32. The number of alkyl halides is 3. The zero-order valence-electron chi connectivity index (χ0n) is 12.1. The number of ether oxygens (including phenoxy) is 1. The smallest absolute Gasteiger partial charge is 0.416 e. The lowest BCUT2D eigenvalue weighted by atomic mass is 9.95. The molecule has 7 heteroatoms. The number of benzene rings is 2. The third-order valence-corrected chi connectivity index (χ3v) is 3.66. The molecule has 0 spiro atoms. The van der Waals surface area contributed by atoms with Crippen LogP contribution in [0.4, 0.5) is 13.2 Å². The Hall–Kier alpha value is -2.54. The number of aromatic nitrogens is 2. The highest BCUT2D eigenvalue weighted by atomic mass is 19.4. The molecule has 0 aliphatic rings. The lowest BCUT2D eigenvalue weighted by Gasteiger charge is -2.14. The Morgan fingerprint density at radius 1 is 1.17 bits per heavy atom. The van der Waals surface area contributed by atoms with E-state index in [-0.39, 0.29) is 12.1 Å². The first-order valence-electron chi connectivity index (χ1n) is 6.76. The van der Waals surface area contributed by atoms with Crippen molar-refractivity contribution in [2.75, 3.05) is 7.11 Å². The van der Waals surface area contributed by atoms with Gasteiger partial charge in [-0.1, -0.05) is 6.07 Å². The third kappa shape index (κ3) is 2.75. The molecule has 1 aromatic heterocycles. The standard InChI is InChI=1S/C16H13F3N2O2/c1-23-11-2-3-12(9(4-11)8-22)13-5-10(16(17,18)19)6-15-14(13)7-20-21-15/h2-7,22H,8H2,1H3,(H,20,21). The number of nitrogens with one attached hydrogen (secondary N) is 1. The van der Waals surface area contributed by atoms with Gasteiger partial charge in [-0.2, -0.15) is 18.3 Å². The molecule has 3 rings (SSSR count). The quantitative estimate of drug-likeness (QED) is 0.772. The number of halogens is 3. The highest BCUT2D eigenvalue weighted by Crippen LogP contribution is 2.38. The number of methoxy groups -OCH3 is 1. The Bertz CT molecular complexity index is 856. The van der Waals surface area contributed by atoms with E-state index in [2.05, 4.69) is 10.2 Å². The first kappa shape index (κ1) is 15.4. The average molecular weight is 322 g/mol. The molecule has 4 nitrogen and oxygen atoms in total. The molecule has 0 bridgehead atoms. The SMILES string of the molecule is COc1ccc(-c2cc(C(F)(F)F)cc3[nH]ncc23)c(CO)c1. The van der Waals surface area contributed by atoms with Crippen molar-refractivity contribution >= 4 is 10.9 Å². The number of aromatic amines is 1. The molecule has 2 N–H and O–H groups in total. The van der Waals surface area contributed by atoms with E-state index in [1.807, 2.05) is 0 Å². The molecule has 120 valence electrons. The Kier molecular flexibility index (Phi) is 3.73. The molecule has 0 fully saturated rings. The molecule has 0 saturated carbocycles. The van der Waals surface area contributed by atoms with Gasteiger partial charge >= 0.3 is 6.18 Å². The lowest BCUT2D eigenvalue weighted by molar-refractivity contribution is -0.137. The molecule has 0 unspecified atom stereocenters. The van der Waals surface area contributed by atoms with Gasteiger partial charge < -0.3 is 9.84 Å². The number of aliphatic hydroxyl groups excluding tert-OH is 1. The second-order valence-electron chi connectivity index (χ2n) is 5.03. The van der Waals surface area contributed by atoms with Crippen molar-refractivity contribution in [3.63, 3.8) is 0 Å². The van der Waals surface area contributed by atoms with Crippen molar-refractivity contribution in [2.24, 2.45) is 0 Å². The van der Waals surface area contributed by atoms with Gasteiger partial charge in [0.15, 0.2) is 0 Å². The summed E-state index contributed by atoms with van der Waals surface area (Å²) in [5.41, 5.74) is 0.853. The predicted molar refractivity (Wildman–Crippen MR) is 79.0 cm³/mol. The van der Waals surface area contributed by atoms with E-state index in [0.29, 0.717) is 27.8 Å². The first-order chi connectivity index (χ1) is 10.9. The van der Waals surface area contributed by atoms with Gasteiger partial charge in [-0.25, -0.2) is 0 Å². The second kappa shape index (κ2) is 5.58. The Morgan fingerprint density at radius 3 is 2.61 bits per heavy atom. The van der Waals surface area contributed by atoms with Gasteiger partial charge in [-0.15, -0.1) is 0 Å². The Morgan fingerprint density at radius 2 is 1.96 bits per heavy atom. The van der Waals surface area contributed by atoms with E-state index in [9.17, 15) is 18.3 Å². The van der Waals surface area contributed by atoms with Crippen LogP contribution in [-0.4, -0.2) is 22.4 Å². The molecule has 0 aliphatic carbocycles. The van der Waals surface area contributed by atoms with Crippen molar-refractivity contribution in [3.8, 4) is 16.9 Å². The number of hydrogen-bond acceptors (Lipinski definition) is 3. The maximum absolute atomic E-state index is 13.1. The van der Waals surface area contributed by atoms with Crippen LogP contribution in [-0.2, 0) is 12.8 Å². The maximum Gasteiger partial charge on any atom is 0.416 e. The van der Waals surface area contributed by atoms with Gasteiger partial charge in [0, 0.05) is 5.39 Å². The number of aliphatic hydroxyl groups is 1. The van der Waals surface area contributed by atoms with E-state index >= 15 is 0 Å². The topological polar surface area (TPSA) is 58.1 Å². The van der Waals surface area contributed by atoms with Gasteiger partial charge in [0.25, 0.3) is 0 Å². The molecule has 1 heterocycles. The molecular formula is C16H13F3N2O2. The molecule has 0 atom stereocenters. The maximum atomic E-state index is 13.1. The monoisotopic (exact) mass is 322 g/mol. The van der Waals surface area contributed by atoms with Crippen molar-refractivity contribution in [3.05, 3.63) is 47.7 Å². The minimum atomic E-state index is -4.47. The van der Waals surface area contributed by atoms with Gasteiger partial charge in [-0.05, 0) is 41.0 Å². The van der Waals surface area contributed by atoms with Gasteiger partial charge in [0.2, 0.25) is 0 Å². The first-order valence-corrected chi connectivity index (χ1v) is 6.76. The lowest BCUT2D eigenvalue weighted by Crippen LogP contribution is -2.05. The average Bonchev–Trinajstić information content (AvgIpc) is 3.01. The molecule has 0 aliphatic heterocycles. The van der Waals surface area contributed by atoms with Gasteiger partial charge in [-0.3, -0.25) is 5.10 Å². The van der Waals surface area contributed by atoms with E-state index in [0.717, 1.165) is 12.1 Å². The zero-order chi connectivity index (χ0) is 16.6. The fourth-order valence-corrected chi connectivity index (χ4v) is 2.53. The number of rotatable bonds is 3. The summed E-state index contributed by atoms with van der Waals surface area (Å²) in [7, 11) is 1.48. The van der Waals surface area contributed by atoms with Crippen LogP contribution in [0.5, 0.6) is 5.75 Å². The van der Waals surface area contributed by atoms with Crippen LogP contribution < -0.4 is 4.74 Å². The Balaban J connectivity index is 2.29. The highest BCUT2D eigenvalue weighted by molar-refractivity contribution is 5.96. The second-order valence-corrected chi connectivity index (χ2v) is 5.03. The number of hydrogen-bond donors (Lipinski definition) is 2. The molecule has 0 radical (unpaired) electrons. The summed E-state index contributed by atoms with van der Waals surface area (Å²) >= 11 is 0. The molecule has 2 aromatic carbocycles. The largest absolute Gasteiger partial charge is 0.497 e. The summed E-state index contributed by atoms with van der Waals surface area (Å²) in [5.74, 6) is 0.521. The van der Waals surface area contributed by atoms with Crippen molar-refractivity contribution < 1.29 is 23.0 Å². The van der Waals surface area contributed by atoms with Crippen LogP contribution in [0, 0.1) is 0 Å². The summed E-state index contributed by atoms with van der Waals surface area (Å²) in [6.07, 6.45) is -3.00. The van der Waals surface area contributed by atoms with Crippen LogP contribution in [0.1, 0.15) is 11.1 Å². The fourth-order valence-electron chi connectivity index (χ4n) is 2.53. The molecule has 0 amide bonds. The van der Waals surface area contributed by atoms with Crippen LogP contribution in [0.25, 0.3) is 22.0 Å². The van der Waals surface area contributed by atoms with Crippen molar-refractivity contribution in [1.82, 2.24) is 10.2 Å². The zero-order valence-corrected chi connectivity index (χ0v) is 12.1. The number of fused-ring (bicyclic) bond motifs is 1. The summed E-state index contributed by atoms with van der Waals surface area (Å²) in [6.45, 7) is -0.317. The summed E-state index contributed by atoms with van der Waals surface area (Å²) in [6, 6.07) is 6.96. The summed E-state index contributed by atoms with van der Waals surface area (Å²) in [5, 5.41) is 16.5. The minimum absolute atomic E-state index is 0.287. The summed E-state index contributed by atoms with van der Waals surface area (Å²) < 4.78 is 44.4. The van der Waals surface area contributed by atoms with Crippen molar-refractivity contribution in [1.29, 1.82) is 0 Å². The fraction of sp³-hybridized carbons (Fsp3) is 0.188. The van der Waals surface area contributed by atoms with E-state index < -0.39 is 11.7 Å². The van der Waals surface area contributed by atoms with Crippen LogP contribution in [0.15, 0.2) is 36.5 Å².